The molecule has 3 nitrogen and oxygen atoms in total. The van der Waals surface area contributed by atoms with Crippen LogP contribution < -0.4 is 0 Å². The highest BCUT2D eigenvalue weighted by atomic mass is 19.1. The summed E-state index contributed by atoms with van der Waals surface area (Å²) in [5, 5.41) is 0. The summed E-state index contributed by atoms with van der Waals surface area (Å²) in [7, 11) is 0. The first-order valence-corrected chi connectivity index (χ1v) is 8.79. The minimum Gasteiger partial charge on any atom is -0.380 e. The molecule has 0 N–H and O–H groups in total. The maximum absolute atomic E-state index is 13.9. The molecule has 0 unspecified atom stereocenters. The minimum atomic E-state index is -0.129. The molecule has 4 heteroatoms. The minimum absolute atomic E-state index is 0.129. The van der Waals surface area contributed by atoms with Gasteiger partial charge in [0.05, 0.1) is 6.61 Å². The van der Waals surface area contributed by atoms with Crippen molar-refractivity contribution in [1.82, 2.24) is 9.88 Å². The number of benzene rings is 1. The molecule has 0 aliphatic carbocycles. The van der Waals surface area contributed by atoms with Gasteiger partial charge in [0.25, 0.3) is 0 Å². The number of nitrogens with zero attached hydrogens (tertiary/aromatic N) is 2. The van der Waals surface area contributed by atoms with Gasteiger partial charge >= 0.3 is 0 Å². The monoisotopic (exact) mass is 328 g/mol. The van der Waals surface area contributed by atoms with Crippen LogP contribution in [-0.4, -0.2) is 36.2 Å². The standard InChI is InChI=1S/C20H25FN2O/c21-20-11-2-1-6-17(20)16-23-12-4-9-18-7-3-8-19(22-18)10-5-14-24-15-13-23/h1-3,6-8,11H,4-5,9-10,12-16H2. The summed E-state index contributed by atoms with van der Waals surface area (Å²) >= 11 is 0. The van der Waals surface area contributed by atoms with Crippen molar-refractivity contribution >= 4 is 0 Å². The Bertz CT molecular complexity index is 647. The lowest BCUT2D eigenvalue weighted by atomic mass is 10.1. The third-order valence-corrected chi connectivity index (χ3v) is 4.40. The third kappa shape index (κ3) is 5.11. The molecule has 0 amide bonds. The van der Waals surface area contributed by atoms with Crippen molar-refractivity contribution in [3.8, 4) is 0 Å². The molecule has 1 aromatic carbocycles. The lowest BCUT2D eigenvalue weighted by Crippen LogP contribution is -2.29. The number of hydrogen-bond acceptors (Lipinski definition) is 3. The van der Waals surface area contributed by atoms with Gasteiger partial charge in [0, 0.05) is 36.6 Å². The average molecular weight is 328 g/mol. The topological polar surface area (TPSA) is 25.4 Å². The number of hydrogen-bond donors (Lipinski definition) is 0. The lowest BCUT2D eigenvalue weighted by Gasteiger charge is -2.22. The SMILES string of the molecule is Fc1ccccc1CN1CCCc2cccc(n2)CCCOCC1. The van der Waals surface area contributed by atoms with Gasteiger partial charge in [0.1, 0.15) is 5.82 Å². The number of aromatic nitrogens is 1. The second-order valence-corrected chi connectivity index (χ2v) is 6.31. The zero-order chi connectivity index (χ0) is 16.6. The molecule has 24 heavy (non-hydrogen) atoms. The fraction of sp³-hybridized carbons (Fsp3) is 0.450. The van der Waals surface area contributed by atoms with Crippen LogP contribution in [0.4, 0.5) is 4.39 Å². The van der Waals surface area contributed by atoms with Crippen molar-refractivity contribution in [2.45, 2.75) is 32.2 Å². The van der Waals surface area contributed by atoms with Crippen LogP contribution in [0.15, 0.2) is 42.5 Å². The van der Waals surface area contributed by atoms with E-state index >= 15 is 0 Å². The molecule has 3 rings (SSSR count). The fourth-order valence-corrected chi connectivity index (χ4v) is 3.08. The Morgan fingerprint density at radius 3 is 2.54 bits per heavy atom. The summed E-state index contributed by atoms with van der Waals surface area (Å²) in [6.45, 7) is 3.82. The van der Waals surface area contributed by atoms with Crippen molar-refractivity contribution in [2.75, 3.05) is 26.3 Å². The number of halogens is 1. The van der Waals surface area contributed by atoms with Crippen LogP contribution in [-0.2, 0) is 24.1 Å². The zero-order valence-corrected chi connectivity index (χ0v) is 14.1. The van der Waals surface area contributed by atoms with Gasteiger partial charge in [0.2, 0.25) is 0 Å². The molecule has 2 bridgehead atoms. The Hall–Kier alpha value is -1.78. The second kappa shape index (κ2) is 8.90. The van der Waals surface area contributed by atoms with E-state index in [4.69, 9.17) is 9.72 Å². The van der Waals surface area contributed by atoms with Gasteiger partial charge < -0.3 is 4.74 Å². The van der Waals surface area contributed by atoms with Crippen LogP contribution in [0.1, 0.15) is 29.8 Å². The Kier molecular flexibility index (Phi) is 6.33. The molecule has 2 aromatic rings. The Morgan fingerprint density at radius 1 is 0.917 bits per heavy atom. The molecule has 0 saturated heterocycles. The van der Waals surface area contributed by atoms with Crippen molar-refractivity contribution in [2.24, 2.45) is 0 Å². The second-order valence-electron chi connectivity index (χ2n) is 6.31. The lowest BCUT2D eigenvalue weighted by molar-refractivity contribution is 0.0988. The van der Waals surface area contributed by atoms with Gasteiger partial charge in [-0.1, -0.05) is 24.3 Å². The summed E-state index contributed by atoms with van der Waals surface area (Å²) in [4.78, 5) is 7.00. The first-order chi connectivity index (χ1) is 11.8. The molecule has 128 valence electrons. The third-order valence-electron chi connectivity index (χ3n) is 4.40. The van der Waals surface area contributed by atoms with Crippen molar-refractivity contribution in [3.63, 3.8) is 0 Å². The van der Waals surface area contributed by atoms with Crippen LogP contribution in [0, 0.1) is 5.82 Å². The summed E-state index contributed by atoms with van der Waals surface area (Å²) in [6, 6.07) is 13.3. The number of ether oxygens (including phenoxy) is 1. The van der Waals surface area contributed by atoms with Gasteiger partial charge in [-0.15, -0.1) is 0 Å². The number of fused-ring (bicyclic) bond motifs is 2. The molecular weight excluding hydrogens is 303 g/mol. The van der Waals surface area contributed by atoms with E-state index < -0.39 is 0 Å². The average Bonchev–Trinajstić information content (AvgIpc) is 2.60. The van der Waals surface area contributed by atoms with E-state index in [1.807, 2.05) is 12.1 Å². The zero-order valence-electron chi connectivity index (χ0n) is 14.1. The Morgan fingerprint density at radius 2 is 1.71 bits per heavy atom. The van der Waals surface area contributed by atoms with E-state index in [1.54, 1.807) is 6.07 Å². The molecule has 0 atom stereocenters. The maximum atomic E-state index is 13.9. The number of rotatable bonds is 2. The fourth-order valence-electron chi connectivity index (χ4n) is 3.08. The summed E-state index contributed by atoms with van der Waals surface area (Å²) < 4.78 is 19.7. The molecule has 0 spiro atoms. The van der Waals surface area contributed by atoms with Crippen molar-refractivity contribution in [1.29, 1.82) is 0 Å². The smallest absolute Gasteiger partial charge is 0.127 e. The van der Waals surface area contributed by atoms with E-state index in [0.717, 1.165) is 62.3 Å². The first kappa shape index (κ1) is 17.1. The normalized spacial score (nSPS) is 17.5. The van der Waals surface area contributed by atoms with Crippen LogP contribution in [0.5, 0.6) is 0 Å². The summed E-state index contributed by atoms with van der Waals surface area (Å²) in [5.74, 6) is -0.129. The molecule has 1 aromatic heterocycles. The number of pyridine rings is 1. The molecule has 0 radical (unpaired) electrons. The van der Waals surface area contributed by atoms with E-state index in [9.17, 15) is 4.39 Å². The van der Waals surface area contributed by atoms with Crippen LogP contribution in [0.25, 0.3) is 0 Å². The van der Waals surface area contributed by atoms with E-state index in [-0.39, 0.29) is 5.82 Å². The summed E-state index contributed by atoms with van der Waals surface area (Å²) in [5.41, 5.74) is 3.05. The molecule has 2 heterocycles. The van der Waals surface area contributed by atoms with E-state index in [0.29, 0.717) is 13.2 Å². The molecule has 1 aliphatic heterocycles. The number of aryl methyl sites for hydroxylation is 2. The summed E-state index contributed by atoms with van der Waals surface area (Å²) in [6.07, 6.45) is 3.93. The molecule has 0 fully saturated rings. The highest BCUT2D eigenvalue weighted by molar-refractivity contribution is 5.17. The quantitative estimate of drug-likeness (QED) is 0.842. The van der Waals surface area contributed by atoms with E-state index in [2.05, 4.69) is 23.1 Å². The predicted octanol–water partition coefficient (Wildman–Crippen LogP) is 3.62. The molecule has 0 saturated carbocycles. The highest BCUT2D eigenvalue weighted by Gasteiger charge is 2.10. The Balaban J connectivity index is 1.65. The molecule has 1 aliphatic rings. The van der Waals surface area contributed by atoms with Gasteiger partial charge in [-0.2, -0.15) is 0 Å². The molecular formula is C20H25FN2O. The van der Waals surface area contributed by atoms with Gasteiger partial charge in [-0.05, 0) is 50.4 Å². The highest BCUT2D eigenvalue weighted by Crippen LogP contribution is 2.12. The first-order valence-electron chi connectivity index (χ1n) is 8.79. The van der Waals surface area contributed by atoms with Gasteiger partial charge in [0.15, 0.2) is 0 Å². The van der Waals surface area contributed by atoms with Crippen LogP contribution in [0.2, 0.25) is 0 Å². The maximum Gasteiger partial charge on any atom is 0.127 e. The van der Waals surface area contributed by atoms with Gasteiger partial charge in [-0.3, -0.25) is 9.88 Å². The Labute approximate surface area is 143 Å². The largest absolute Gasteiger partial charge is 0.380 e. The van der Waals surface area contributed by atoms with E-state index in [1.165, 1.54) is 6.07 Å². The predicted molar refractivity (Wildman–Crippen MR) is 93.4 cm³/mol. The van der Waals surface area contributed by atoms with Crippen molar-refractivity contribution in [3.05, 3.63) is 65.2 Å². The van der Waals surface area contributed by atoms with Crippen LogP contribution in [0.3, 0.4) is 0 Å². The van der Waals surface area contributed by atoms with Gasteiger partial charge in [-0.25, -0.2) is 4.39 Å². The van der Waals surface area contributed by atoms with Crippen molar-refractivity contribution < 1.29 is 9.13 Å². The van der Waals surface area contributed by atoms with Crippen LogP contribution >= 0.6 is 0 Å².